The Morgan fingerprint density at radius 2 is 2.47 bits per heavy atom. The summed E-state index contributed by atoms with van der Waals surface area (Å²) in [6, 6.07) is 2.96. The number of carboxylic acids is 1. The van der Waals surface area contributed by atoms with E-state index in [0.717, 1.165) is 12.2 Å². The topological polar surface area (TPSA) is 82.8 Å². The van der Waals surface area contributed by atoms with Crippen LogP contribution in [0, 0.1) is 0 Å². The van der Waals surface area contributed by atoms with E-state index in [9.17, 15) is 9.59 Å². The summed E-state index contributed by atoms with van der Waals surface area (Å²) in [4.78, 5) is 24.7. The lowest BCUT2D eigenvalue weighted by atomic mass is 10.0. The molecule has 1 aromatic rings. The molecule has 104 valence electrons. The molecule has 1 saturated heterocycles. The zero-order valence-corrected chi connectivity index (χ0v) is 10.8. The van der Waals surface area contributed by atoms with Crippen LogP contribution in [-0.4, -0.2) is 41.0 Å². The van der Waals surface area contributed by atoms with Crippen LogP contribution in [0.1, 0.15) is 31.6 Å². The number of amides is 1. The van der Waals surface area contributed by atoms with Crippen molar-refractivity contribution < 1.29 is 19.1 Å². The maximum absolute atomic E-state index is 11.9. The number of rotatable bonds is 5. The molecular weight excluding hydrogens is 248 g/mol. The van der Waals surface area contributed by atoms with E-state index in [1.165, 1.54) is 0 Å². The Kier molecular flexibility index (Phi) is 4.21. The molecule has 0 radical (unpaired) electrons. The Hall–Kier alpha value is -1.82. The molecule has 2 rings (SSSR count). The maximum atomic E-state index is 11.9. The van der Waals surface area contributed by atoms with Gasteiger partial charge in [-0.2, -0.15) is 0 Å². The van der Waals surface area contributed by atoms with Crippen LogP contribution < -0.4 is 5.32 Å². The first-order valence-electron chi connectivity index (χ1n) is 6.42. The van der Waals surface area contributed by atoms with Gasteiger partial charge in [0, 0.05) is 13.1 Å². The second kappa shape index (κ2) is 5.88. The summed E-state index contributed by atoms with van der Waals surface area (Å²) in [5.41, 5.74) is 0. The van der Waals surface area contributed by atoms with Crippen LogP contribution in [-0.2, 0) is 9.59 Å². The van der Waals surface area contributed by atoms with E-state index in [1.54, 1.807) is 12.3 Å². The molecule has 1 fully saturated rings. The van der Waals surface area contributed by atoms with Gasteiger partial charge in [-0.3, -0.25) is 14.5 Å². The Labute approximate surface area is 111 Å². The van der Waals surface area contributed by atoms with E-state index < -0.39 is 12.0 Å². The van der Waals surface area contributed by atoms with Gasteiger partial charge in [0.25, 0.3) is 0 Å². The van der Waals surface area contributed by atoms with Crippen molar-refractivity contribution in [3.8, 4) is 0 Å². The van der Waals surface area contributed by atoms with Gasteiger partial charge in [0.05, 0.1) is 18.7 Å². The largest absolute Gasteiger partial charge is 0.481 e. The molecule has 19 heavy (non-hydrogen) atoms. The van der Waals surface area contributed by atoms with Crippen molar-refractivity contribution in [3.63, 3.8) is 0 Å². The van der Waals surface area contributed by atoms with E-state index >= 15 is 0 Å². The third-order valence-corrected chi connectivity index (χ3v) is 3.40. The second-order valence-electron chi connectivity index (χ2n) is 4.58. The summed E-state index contributed by atoms with van der Waals surface area (Å²) in [7, 11) is 0. The first-order chi connectivity index (χ1) is 9.13. The number of hydrogen-bond donors (Lipinski definition) is 2. The molecule has 1 aliphatic rings. The number of carbonyl (C=O) groups excluding carboxylic acids is 1. The van der Waals surface area contributed by atoms with Gasteiger partial charge >= 0.3 is 5.97 Å². The monoisotopic (exact) mass is 266 g/mol. The second-order valence-corrected chi connectivity index (χ2v) is 4.58. The van der Waals surface area contributed by atoms with Gasteiger partial charge in [-0.15, -0.1) is 0 Å². The molecule has 0 bridgehead atoms. The standard InChI is InChI=1S/C13H18N2O4/c1-2-9(11-4-3-7-19-11)15-6-5-14-13(18)10(15)8-12(16)17/h3-4,7,9-10H,2,5-6,8H2,1H3,(H,14,18)(H,16,17). The van der Waals surface area contributed by atoms with Gasteiger partial charge in [-0.25, -0.2) is 0 Å². The number of furan rings is 1. The number of piperazine rings is 1. The highest BCUT2D eigenvalue weighted by Crippen LogP contribution is 2.28. The highest BCUT2D eigenvalue weighted by atomic mass is 16.4. The SMILES string of the molecule is CCC(c1ccco1)N1CCNC(=O)C1CC(=O)O. The highest BCUT2D eigenvalue weighted by Gasteiger charge is 2.36. The van der Waals surface area contributed by atoms with E-state index in [1.807, 2.05) is 17.9 Å². The molecule has 2 atom stereocenters. The van der Waals surface area contributed by atoms with Gasteiger partial charge in [0.15, 0.2) is 0 Å². The molecule has 2 heterocycles. The van der Waals surface area contributed by atoms with Crippen molar-refractivity contribution in [1.82, 2.24) is 10.2 Å². The van der Waals surface area contributed by atoms with Gasteiger partial charge in [0.1, 0.15) is 11.8 Å². The van der Waals surface area contributed by atoms with Crippen LogP contribution >= 0.6 is 0 Å². The number of carboxylic acid groups (broad SMARTS) is 1. The van der Waals surface area contributed by atoms with E-state index in [-0.39, 0.29) is 18.4 Å². The van der Waals surface area contributed by atoms with Crippen molar-refractivity contribution in [2.75, 3.05) is 13.1 Å². The molecule has 6 heteroatoms. The van der Waals surface area contributed by atoms with Crippen LogP contribution in [0.3, 0.4) is 0 Å². The molecular formula is C13H18N2O4. The molecule has 1 amide bonds. The smallest absolute Gasteiger partial charge is 0.305 e. The summed E-state index contributed by atoms with van der Waals surface area (Å²) in [6.45, 7) is 3.16. The minimum Gasteiger partial charge on any atom is -0.481 e. The van der Waals surface area contributed by atoms with Crippen LogP contribution in [0.4, 0.5) is 0 Å². The van der Waals surface area contributed by atoms with Crippen molar-refractivity contribution in [2.24, 2.45) is 0 Å². The fourth-order valence-electron chi connectivity index (χ4n) is 2.56. The third kappa shape index (κ3) is 2.96. The van der Waals surface area contributed by atoms with Crippen LogP contribution in [0.5, 0.6) is 0 Å². The van der Waals surface area contributed by atoms with Gasteiger partial charge in [0.2, 0.25) is 5.91 Å². The summed E-state index contributed by atoms with van der Waals surface area (Å²) >= 11 is 0. The Balaban J connectivity index is 2.22. The zero-order chi connectivity index (χ0) is 13.8. The summed E-state index contributed by atoms with van der Waals surface area (Å²) in [6.07, 6.45) is 2.16. The molecule has 0 saturated carbocycles. The molecule has 0 aromatic carbocycles. The lowest BCUT2D eigenvalue weighted by Gasteiger charge is -2.38. The average Bonchev–Trinajstić information content (AvgIpc) is 2.87. The van der Waals surface area contributed by atoms with Crippen LogP contribution in [0.25, 0.3) is 0 Å². The minimum atomic E-state index is -0.971. The average molecular weight is 266 g/mol. The summed E-state index contributed by atoms with van der Waals surface area (Å²) < 4.78 is 5.41. The third-order valence-electron chi connectivity index (χ3n) is 3.40. The van der Waals surface area contributed by atoms with Gasteiger partial charge in [-0.05, 0) is 18.6 Å². The number of hydrogen-bond acceptors (Lipinski definition) is 4. The van der Waals surface area contributed by atoms with Crippen molar-refractivity contribution in [3.05, 3.63) is 24.2 Å². The highest BCUT2D eigenvalue weighted by molar-refractivity contribution is 5.86. The van der Waals surface area contributed by atoms with E-state index in [0.29, 0.717) is 13.1 Å². The Morgan fingerprint density at radius 1 is 1.68 bits per heavy atom. The lowest BCUT2D eigenvalue weighted by Crippen LogP contribution is -2.56. The molecule has 0 spiro atoms. The predicted octanol–water partition coefficient (Wildman–Crippen LogP) is 1.01. The Bertz CT molecular complexity index is 444. The first kappa shape index (κ1) is 13.6. The fraction of sp³-hybridized carbons (Fsp3) is 0.538. The number of nitrogens with one attached hydrogen (secondary N) is 1. The number of carbonyl (C=O) groups is 2. The zero-order valence-electron chi connectivity index (χ0n) is 10.8. The normalized spacial score (nSPS) is 21.9. The molecule has 6 nitrogen and oxygen atoms in total. The summed E-state index contributed by atoms with van der Waals surface area (Å²) in [5.74, 6) is -0.424. The van der Waals surface area contributed by atoms with Gasteiger partial charge in [-0.1, -0.05) is 6.92 Å². The molecule has 2 unspecified atom stereocenters. The van der Waals surface area contributed by atoms with Crippen molar-refractivity contribution >= 4 is 11.9 Å². The number of nitrogens with zero attached hydrogens (tertiary/aromatic N) is 1. The minimum absolute atomic E-state index is 0.0644. The van der Waals surface area contributed by atoms with Crippen molar-refractivity contribution in [2.45, 2.75) is 31.8 Å². The van der Waals surface area contributed by atoms with E-state index in [2.05, 4.69) is 5.32 Å². The quantitative estimate of drug-likeness (QED) is 0.831. The molecule has 1 aliphatic heterocycles. The van der Waals surface area contributed by atoms with Crippen LogP contribution in [0.2, 0.25) is 0 Å². The lowest BCUT2D eigenvalue weighted by molar-refractivity contribution is -0.144. The first-order valence-corrected chi connectivity index (χ1v) is 6.42. The van der Waals surface area contributed by atoms with E-state index in [4.69, 9.17) is 9.52 Å². The van der Waals surface area contributed by atoms with Crippen LogP contribution in [0.15, 0.2) is 22.8 Å². The number of aliphatic carboxylic acids is 1. The van der Waals surface area contributed by atoms with Gasteiger partial charge < -0.3 is 14.8 Å². The fourth-order valence-corrected chi connectivity index (χ4v) is 2.56. The summed E-state index contributed by atoms with van der Waals surface area (Å²) in [5, 5.41) is 11.7. The Morgan fingerprint density at radius 3 is 3.05 bits per heavy atom. The van der Waals surface area contributed by atoms with Crippen molar-refractivity contribution in [1.29, 1.82) is 0 Å². The molecule has 0 aliphatic carbocycles. The molecule has 1 aromatic heterocycles. The molecule has 2 N–H and O–H groups in total. The maximum Gasteiger partial charge on any atom is 0.305 e. The predicted molar refractivity (Wildman–Crippen MR) is 67.5 cm³/mol.